The van der Waals surface area contributed by atoms with Crippen molar-refractivity contribution in [1.29, 1.82) is 0 Å². The minimum Gasteiger partial charge on any atom is -0.423 e. The molecule has 0 atom stereocenters. The van der Waals surface area contributed by atoms with Crippen LogP contribution < -0.4 is 4.74 Å². The highest BCUT2D eigenvalue weighted by Crippen LogP contribution is 2.19. The van der Waals surface area contributed by atoms with Crippen LogP contribution in [0.3, 0.4) is 0 Å². The maximum Gasteiger partial charge on any atom is 0.336 e. The van der Waals surface area contributed by atoms with Crippen LogP contribution in [0.5, 0.6) is 5.75 Å². The van der Waals surface area contributed by atoms with Crippen molar-refractivity contribution in [2.45, 2.75) is 64.7 Å². The summed E-state index contributed by atoms with van der Waals surface area (Å²) < 4.78 is 5.38. The molecule has 0 heterocycles. The van der Waals surface area contributed by atoms with Gasteiger partial charge in [-0.2, -0.15) is 0 Å². The van der Waals surface area contributed by atoms with Crippen LogP contribution in [-0.4, -0.2) is 5.97 Å². The van der Waals surface area contributed by atoms with Gasteiger partial charge >= 0.3 is 5.97 Å². The maximum atomic E-state index is 11.9. The van der Waals surface area contributed by atoms with E-state index in [1.165, 1.54) is 51.0 Å². The maximum absolute atomic E-state index is 11.9. The van der Waals surface area contributed by atoms with Gasteiger partial charge in [-0.25, -0.2) is 4.79 Å². The molecule has 1 aromatic rings. The summed E-state index contributed by atoms with van der Waals surface area (Å²) >= 11 is 0. The average Bonchev–Trinajstić information content (AvgIpc) is 2.77. The van der Waals surface area contributed by atoms with Crippen molar-refractivity contribution in [3.63, 3.8) is 0 Å². The summed E-state index contributed by atoms with van der Waals surface area (Å²) in [6, 6.07) is 7.49. The number of carbonyl (C=O) groups excluding carboxylic acids is 1. The van der Waals surface area contributed by atoms with Crippen molar-refractivity contribution in [2.24, 2.45) is 0 Å². The van der Waals surface area contributed by atoms with Crippen LogP contribution in [0.2, 0.25) is 0 Å². The van der Waals surface area contributed by atoms with E-state index in [1.54, 1.807) is 24.3 Å². The van der Waals surface area contributed by atoms with Crippen LogP contribution in [0.1, 0.15) is 63.9 Å². The third-order valence-electron chi connectivity index (χ3n) is 4.67. The lowest BCUT2D eigenvalue weighted by molar-refractivity contribution is -0.129. The largest absolute Gasteiger partial charge is 0.423 e. The Balaban J connectivity index is 2.18. The van der Waals surface area contributed by atoms with E-state index in [0.29, 0.717) is 12.2 Å². The Morgan fingerprint density at radius 3 is 2.16 bits per heavy atom. The summed E-state index contributed by atoms with van der Waals surface area (Å²) in [7, 11) is 0. The monoisotopic (exact) mass is 418 g/mol. The van der Waals surface area contributed by atoms with Gasteiger partial charge in [-0.05, 0) is 30.9 Å². The second-order valence-electron chi connectivity index (χ2n) is 7.37. The molecule has 0 N–H and O–H groups in total. The van der Waals surface area contributed by atoms with Gasteiger partial charge in [0.15, 0.2) is 0 Å². The van der Waals surface area contributed by atoms with Crippen molar-refractivity contribution < 1.29 is 9.53 Å². The van der Waals surface area contributed by atoms with Gasteiger partial charge in [-0.1, -0.05) is 124 Å². The fourth-order valence-corrected chi connectivity index (χ4v) is 2.98. The second-order valence-corrected chi connectivity index (χ2v) is 7.37. The van der Waals surface area contributed by atoms with Crippen molar-refractivity contribution in [1.82, 2.24) is 0 Å². The van der Waals surface area contributed by atoms with E-state index >= 15 is 0 Å². The quantitative estimate of drug-likeness (QED) is 0.0674. The first-order valence-corrected chi connectivity index (χ1v) is 11.5. The van der Waals surface area contributed by atoms with E-state index in [2.05, 4.69) is 25.7 Å². The lowest BCUT2D eigenvalue weighted by atomic mass is 10.1. The molecule has 0 aromatic heterocycles. The number of benzene rings is 1. The first kappa shape index (κ1) is 26.2. The number of carbonyl (C=O) groups is 1. The van der Waals surface area contributed by atoms with Crippen molar-refractivity contribution >= 4 is 5.97 Å². The third-order valence-corrected chi connectivity index (χ3v) is 4.67. The third kappa shape index (κ3) is 14.7. The molecule has 1 rings (SSSR count). The smallest absolute Gasteiger partial charge is 0.336 e. The minimum atomic E-state index is -0.392. The van der Waals surface area contributed by atoms with E-state index in [4.69, 9.17) is 4.74 Å². The highest BCUT2D eigenvalue weighted by Gasteiger charge is 2.04. The van der Waals surface area contributed by atoms with Crippen molar-refractivity contribution in [3.8, 4) is 5.75 Å². The molecule has 2 heteroatoms. The summed E-state index contributed by atoms with van der Waals surface area (Å²) in [6.07, 6.45) is 32.1. The van der Waals surface area contributed by atoms with Gasteiger partial charge in [0.2, 0.25) is 0 Å². The molecular formula is C29H38O2. The van der Waals surface area contributed by atoms with E-state index < -0.39 is 5.97 Å². The molecule has 31 heavy (non-hydrogen) atoms. The summed E-state index contributed by atoms with van der Waals surface area (Å²) in [5, 5.41) is 0. The Bertz CT molecular complexity index is 763. The van der Waals surface area contributed by atoms with Crippen molar-refractivity contribution in [3.05, 3.63) is 103 Å². The molecular weight excluding hydrogens is 380 g/mol. The first-order valence-electron chi connectivity index (χ1n) is 11.5. The van der Waals surface area contributed by atoms with Crippen LogP contribution in [0, 0.1) is 0 Å². The number of para-hydroxylation sites is 1. The van der Waals surface area contributed by atoms with Gasteiger partial charge in [0.1, 0.15) is 5.75 Å². The van der Waals surface area contributed by atoms with Crippen LogP contribution in [0.25, 0.3) is 0 Å². The molecule has 0 bridgehead atoms. The van der Waals surface area contributed by atoms with Crippen LogP contribution in [-0.2, 0) is 11.2 Å². The second kappa shape index (κ2) is 19.1. The van der Waals surface area contributed by atoms with Gasteiger partial charge in [0.05, 0.1) is 0 Å². The predicted molar refractivity (Wildman–Crippen MR) is 134 cm³/mol. The standard InChI is InChI=1S/C29H38O2/c1-3-5-6-7-8-9-10-11-12-13-14-15-16-17-18-19-20-26-29(30)31-28-25-22-21-24-27(28)23-4-2/h4,12-22,24-26H,2-3,5-11,23H2,1H3/b13-12-,15-14-,17-16+,19-18-,26-20+. The summed E-state index contributed by atoms with van der Waals surface area (Å²) in [5.41, 5.74) is 0.945. The number of unbranched alkanes of at least 4 members (excludes halogenated alkanes) is 7. The first-order chi connectivity index (χ1) is 15.3. The van der Waals surface area contributed by atoms with E-state index in [1.807, 2.05) is 48.6 Å². The van der Waals surface area contributed by atoms with Gasteiger partial charge in [0, 0.05) is 6.08 Å². The number of ether oxygens (including phenoxy) is 1. The predicted octanol–water partition coefficient (Wildman–Crippen LogP) is 8.24. The number of allylic oxidation sites excluding steroid dienone is 10. The summed E-state index contributed by atoms with van der Waals surface area (Å²) in [6.45, 7) is 5.98. The highest BCUT2D eigenvalue weighted by molar-refractivity contribution is 5.84. The molecule has 0 saturated carbocycles. The molecule has 0 fully saturated rings. The average molecular weight is 419 g/mol. The van der Waals surface area contributed by atoms with E-state index in [9.17, 15) is 4.79 Å². The zero-order valence-electron chi connectivity index (χ0n) is 19.0. The molecule has 0 aliphatic rings. The zero-order valence-corrected chi connectivity index (χ0v) is 19.0. The van der Waals surface area contributed by atoms with Crippen LogP contribution >= 0.6 is 0 Å². The molecule has 0 aliphatic heterocycles. The Hall–Kier alpha value is -2.87. The lowest BCUT2D eigenvalue weighted by Gasteiger charge is -2.06. The summed E-state index contributed by atoms with van der Waals surface area (Å²) in [4.78, 5) is 11.9. The number of hydrogen-bond donors (Lipinski definition) is 0. The molecule has 0 spiro atoms. The number of esters is 1. The Kier molecular flexibility index (Phi) is 16.1. The topological polar surface area (TPSA) is 26.3 Å². The molecule has 2 nitrogen and oxygen atoms in total. The highest BCUT2D eigenvalue weighted by atomic mass is 16.5. The van der Waals surface area contributed by atoms with Gasteiger partial charge in [0.25, 0.3) is 0 Å². The molecule has 1 aromatic carbocycles. The number of hydrogen-bond acceptors (Lipinski definition) is 2. The normalized spacial score (nSPS) is 12.2. The molecule has 0 saturated heterocycles. The zero-order chi connectivity index (χ0) is 22.4. The fourth-order valence-electron chi connectivity index (χ4n) is 2.98. The van der Waals surface area contributed by atoms with Gasteiger partial charge < -0.3 is 4.74 Å². The molecule has 0 amide bonds. The van der Waals surface area contributed by atoms with E-state index in [0.717, 1.165) is 12.0 Å². The molecule has 0 aliphatic carbocycles. The van der Waals surface area contributed by atoms with E-state index in [-0.39, 0.29) is 0 Å². The lowest BCUT2D eigenvalue weighted by Crippen LogP contribution is -2.05. The van der Waals surface area contributed by atoms with Crippen LogP contribution in [0.15, 0.2) is 97.7 Å². The summed E-state index contributed by atoms with van der Waals surface area (Å²) in [5.74, 6) is 0.183. The number of rotatable bonds is 16. The molecule has 166 valence electrons. The van der Waals surface area contributed by atoms with Crippen LogP contribution in [0.4, 0.5) is 0 Å². The molecule has 0 radical (unpaired) electrons. The van der Waals surface area contributed by atoms with Gasteiger partial charge in [-0.3, -0.25) is 0 Å². The Morgan fingerprint density at radius 1 is 0.839 bits per heavy atom. The molecule has 0 unspecified atom stereocenters. The Morgan fingerprint density at radius 2 is 1.45 bits per heavy atom. The van der Waals surface area contributed by atoms with Crippen molar-refractivity contribution in [2.75, 3.05) is 0 Å². The Labute approximate surface area is 189 Å². The van der Waals surface area contributed by atoms with Gasteiger partial charge in [-0.15, -0.1) is 6.58 Å². The minimum absolute atomic E-state index is 0.392. The fraction of sp³-hybridized carbons (Fsp3) is 0.345. The SMILES string of the molecule is C=CCc1ccccc1OC(=O)/C=C/C=C\C=C\C=C/C=C\CCCCCCCCC.